The average Bonchev–Trinajstić information content (AvgIpc) is 2.87. The number of nitrogens with zero attached hydrogens (tertiary/aromatic N) is 2. The topological polar surface area (TPSA) is 44.1 Å². The molecule has 0 saturated heterocycles. The highest BCUT2D eigenvalue weighted by Crippen LogP contribution is 2.15. The van der Waals surface area contributed by atoms with Crippen molar-refractivity contribution in [3.63, 3.8) is 0 Å². The summed E-state index contributed by atoms with van der Waals surface area (Å²) in [6.45, 7) is 4.88. The standard InChI is InChI=1S/C16H20N2O2/c1-3-4-10-18-15(13(2)19)11-16(17-18)20-12-14-8-6-5-7-9-14/h5-9,11H,3-4,10,12H2,1-2H3. The SMILES string of the molecule is CCCCn1nc(OCc2ccccc2)cc1C(C)=O. The molecule has 4 nitrogen and oxygen atoms in total. The lowest BCUT2D eigenvalue weighted by molar-refractivity contribution is 0.100. The normalized spacial score (nSPS) is 10.5. The van der Waals surface area contributed by atoms with Gasteiger partial charge in [-0.2, -0.15) is 0 Å². The highest BCUT2D eigenvalue weighted by molar-refractivity contribution is 5.92. The molecule has 4 heteroatoms. The van der Waals surface area contributed by atoms with E-state index in [2.05, 4.69) is 12.0 Å². The van der Waals surface area contributed by atoms with Gasteiger partial charge in [0.25, 0.3) is 0 Å². The fourth-order valence-corrected chi connectivity index (χ4v) is 1.96. The molecule has 0 saturated carbocycles. The second kappa shape index (κ2) is 6.89. The predicted molar refractivity (Wildman–Crippen MR) is 77.9 cm³/mol. The van der Waals surface area contributed by atoms with Gasteiger partial charge in [-0.1, -0.05) is 43.7 Å². The lowest BCUT2D eigenvalue weighted by Crippen LogP contribution is -2.08. The first-order valence-electron chi connectivity index (χ1n) is 6.96. The molecule has 2 aromatic rings. The zero-order chi connectivity index (χ0) is 14.4. The van der Waals surface area contributed by atoms with Crippen molar-refractivity contribution in [2.45, 2.75) is 39.8 Å². The summed E-state index contributed by atoms with van der Waals surface area (Å²) in [7, 11) is 0. The molecule has 106 valence electrons. The zero-order valence-electron chi connectivity index (χ0n) is 12.0. The fraction of sp³-hybridized carbons (Fsp3) is 0.375. The minimum atomic E-state index is 0.0168. The van der Waals surface area contributed by atoms with Crippen LogP contribution in [0.2, 0.25) is 0 Å². The molecule has 1 aromatic carbocycles. The highest BCUT2D eigenvalue weighted by Gasteiger charge is 2.12. The summed E-state index contributed by atoms with van der Waals surface area (Å²) < 4.78 is 7.40. The smallest absolute Gasteiger partial charge is 0.233 e. The van der Waals surface area contributed by atoms with Crippen molar-refractivity contribution >= 4 is 5.78 Å². The predicted octanol–water partition coefficient (Wildman–Crippen LogP) is 3.46. The number of carbonyl (C=O) groups excluding carboxylic acids is 1. The van der Waals surface area contributed by atoms with Gasteiger partial charge >= 0.3 is 0 Å². The van der Waals surface area contributed by atoms with Crippen LogP contribution in [-0.4, -0.2) is 15.6 Å². The lowest BCUT2D eigenvalue weighted by atomic mass is 10.2. The second-order valence-electron chi connectivity index (χ2n) is 4.77. The van der Waals surface area contributed by atoms with E-state index in [1.807, 2.05) is 30.3 Å². The van der Waals surface area contributed by atoms with E-state index >= 15 is 0 Å². The molecule has 20 heavy (non-hydrogen) atoms. The number of aromatic nitrogens is 2. The Bertz CT molecular complexity index is 561. The van der Waals surface area contributed by atoms with Crippen LogP contribution in [0.3, 0.4) is 0 Å². The number of benzene rings is 1. The van der Waals surface area contributed by atoms with Crippen LogP contribution < -0.4 is 4.74 Å². The van der Waals surface area contributed by atoms with E-state index < -0.39 is 0 Å². The average molecular weight is 272 g/mol. The Balaban J connectivity index is 2.06. The summed E-state index contributed by atoms with van der Waals surface area (Å²) in [4.78, 5) is 11.6. The third kappa shape index (κ3) is 3.70. The third-order valence-corrected chi connectivity index (χ3v) is 3.07. The fourth-order valence-electron chi connectivity index (χ4n) is 1.96. The van der Waals surface area contributed by atoms with Gasteiger partial charge < -0.3 is 4.74 Å². The second-order valence-corrected chi connectivity index (χ2v) is 4.77. The minimum absolute atomic E-state index is 0.0168. The molecule has 0 spiro atoms. The summed E-state index contributed by atoms with van der Waals surface area (Å²) in [6.07, 6.45) is 2.07. The Labute approximate surface area is 119 Å². The van der Waals surface area contributed by atoms with Crippen LogP contribution in [0.25, 0.3) is 0 Å². The molecular formula is C16H20N2O2. The molecule has 1 heterocycles. The van der Waals surface area contributed by atoms with Crippen LogP contribution in [0.1, 0.15) is 42.7 Å². The van der Waals surface area contributed by atoms with E-state index in [9.17, 15) is 4.79 Å². The molecule has 0 N–H and O–H groups in total. The number of Topliss-reactive ketones (excluding diaryl/α,β-unsaturated/α-hetero) is 1. The van der Waals surface area contributed by atoms with E-state index in [1.54, 1.807) is 17.7 Å². The molecule has 0 aliphatic carbocycles. The van der Waals surface area contributed by atoms with Gasteiger partial charge in [0.1, 0.15) is 12.3 Å². The molecule has 0 fully saturated rings. The number of hydrogen-bond acceptors (Lipinski definition) is 3. The van der Waals surface area contributed by atoms with Crippen molar-refractivity contribution in [1.29, 1.82) is 0 Å². The van der Waals surface area contributed by atoms with E-state index in [4.69, 9.17) is 4.74 Å². The number of ether oxygens (including phenoxy) is 1. The summed E-state index contributed by atoms with van der Waals surface area (Å²) in [5.41, 5.74) is 1.70. The molecule has 0 atom stereocenters. The molecular weight excluding hydrogens is 252 g/mol. The van der Waals surface area contributed by atoms with Crippen LogP contribution in [0, 0.1) is 0 Å². The quantitative estimate of drug-likeness (QED) is 0.725. The first kappa shape index (κ1) is 14.3. The van der Waals surface area contributed by atoms with Crippen molar-refractivity contribution in [3.8, 4) is 5.88 Å². The minimum Gasteiger partial charge on any atom is -0.472 e. The van der Waals surface area contributed by atoms with E-state index in [1.165, 1.54) is 0 Å². The van der Waals surface area contributed by atoms with E-state index in [-0.39, 0.29) is 5.78 Å². The number of ketones is 1. The zero-order valence-corrected chi connectivity index (χ0v) is 12.0. The Morgan fingerprint density at radius 1 is 1.30 bits per heavy atom. The van der Waals surface area contributed by atoms with Gasteiger partial charge in [-0.25, -0.2) is 0 Å². The lowest BCUT2D eigenvalue weighted by Gasteiger charge is -2.03. The maximum absolute atomic E-state index is 11.6. The summed E-state index contributed by atoms with van der Waals surface area (Å²) in [5, 5.41) is 4.36. The molecule has 1 aromatic heterocycles. The Morgan fingerprint density at radius 3 is 2.70 bits per heavy atom. The van der Waals surface area contributed by atoms with Crippen molar-refractivity contribution in [1.82, 2.24) is 9.78 Å². The maximum Gasteiger partial charge on any atom is 0.233 e. The van der Waals surface area contributed by atoms with Gasteiger partial charge in [-0.15, -0.1) is 5.10 Å². The number of aryl methyl sites for hydroxylation is 1. The first-order valence-corrected chi connectivity index (χ1v) is 6.96. The van der Waals surface area contributed by atoms with Crippen LogP contribution in [0.5, 0.6) is 5.88 Å². The highest BCUT2D eigenvalue weighted by atomic mass is 16.5. The van der Waals surface area contributed by atoms with Crippen molar-refractivity contribution in [3.05, 3.63) is 47.7 Å². The molecule has 0 aliphatic heterocycles. The first-order chi connectivity index (χ1) is 9.70. The number of rotatable bonds is 7. The van der Waals surface area contributed by atoms with Crippen LogP contribution in [0.15, 0.2) is 36.4 Å². The van der Waals surface area contributed by atoms with Gasteiger partial charge in [-0.3, -0.25) is 9.48 Å². The van der Waals surface area contributed by atoms with Crippen molar-refractivity contribution in [2.24, 2.45) is 0 Å². The molecule has 0 aliphatic rings. The van der Waals surface area contributed by atoms with Crippen LogP contribution in [-0.2, 0) is 13.2 Å². The van der Waals surface area contributed by atoms with Crippen LogP contribution >= 0.6 is 0 Å². The Kier molecular flexibility index (Phi) is 4.93. The Hall–Kier alpha value is -2.10. The summed E-state index contributed by atoms with van der Waals surface area (Å²) >= 11 is 0. The van der Waals surface area contributed by atoms with Gasteiger partial charge in [0.2, 0.25) is 5.88 Å². The summed E-state index contributed by atoms with van der Waals surface area (Å²) in [5.74, 6) is 0.526. The van der Waals surface area contributed by atoms with E-state index in [0.29, 0.717) is 18.2 Å². The number of unbranched alkanes of at least 4 members (excludes halogenated alkanes) is 1. The van der Waals surface area contributed by atoms with Crippen molar-refractivity contribution < 1.29 is 9.53 Å². The molecule has 0 bridgehead atoms. The monoisotopic (exact) mass is 272 g/mol. The Morgan fingerprint density at radius 2 is 2.05 bits per heavy atom. The molecule has 0 unspecified atom stereocenters. The van der Waals surface area contributed by atoms with Crippen LogP contribution in [0.4, 0.5) is 0 Å². The van der Waals surface area contributed by atoms with Crippen molar-refractivity contribution in [2.75, 3.05) is 0 Å². The summed E-state index contributed by atoms with van der Waals surface area (Å²) in [6, 6.07) is 11.6. The number of carbonyl (C=O) groups is 1. The molecule has 2 rings (SSSR count). The van der Waals surface area contributed by atoms with Gasteiger partial charge in [-0.05, 0) is 12.0 Å². The van der Waals surface area contributed by atoms with Gasteiger partial charge in [0.15, 0.2) is 5.78 Å². The maximum atomic E-state index is 11.6. The largest absolute Gasteiger partial charge is 0.472 e. The molecule has 0 radical (unpaired) electrons. The van der Waals surface area contributed by atoms with Gasteiger partial charge in [0, 0.05) is 19.5 Å². The third-order valence-electron chi connectivity index (χ3n) is 3.07. The number of hydrogen-bond donors (Lipinski definition) is 0. The van der Waals surface area contributed by atoms with Gasteiger partial charge in [0.05, 0.1) is 0 Å². The van der Waals surface area contributed by atoms with E-state index in [0.717, 1.165) is 24.9 Å². The molecule has 0 amide bonds.